The van der Waals surface area contributed by atoms with Crippen LogP contribution >= 0.6 is 0 Å². The number of guanidine groups is 1. The van der Waals surface area contributed by atoms with Crippen LogP contribution in [-0.4, -0.2) is 48.2 Å². The standard InChI is InChI=1S/C20H29N3O4/c1-14-19(25)22-20-21-16-9-10-17(18(26-2)15(16)13-23(14)20)27-12-8-6-4-3-5-7-11-24/h9-10,14,24H,3-8,11-13H2,1-2H3,(H,21,22,25). The number of fused-ring (bicyclic) bond motifs is 2. The molecule has 1 unspecified atom stereocenters. The van der Waals surface area contributed by atoms with Crippen LogP contribution in [0, 0.1) is 0 Å². The largest absolute Gasteiger partial charge is 0.492 e. The number of nitrogens with zero attached hydrogens (tertiary/aromatic N) is 2. The zero-order valence-corrected chi connectivity index (χ0v) is 16.2. The second-order valence-corrected chi connectivity index (χ2v) is 7.02. The first-order valence-corrected chi connectivity index (χ1v) is 9.75. The van der Waals surface area contributed by atoms with Gasteiger partial charge in [0.1, 0.15) is 6.04 Å². The molecule has 2 N–H and O–H groups in total. The van der Waals surface area contributed by atoms with Gasteiger partial charge in [0, 0.05) is 12.2 Å². The fourth-order valence-electron chi connectivity index (χ4n) is 3.49. The zero-order chi connectivity index (χ0) is 19.2. The minimum Gasteiger partial charge on any atom is -0.492 e. The van der Waals surface area contributed by atoms with E-state index in [1.165, 1.54) is 0 Å². The highest BCUT2D eigenvalue weighted by Crippen LogP contribution is 2.41. The van der Waals surface area contributed by atoms with E-state index in [0.29, 0.717) is 24.9 Å². The van der Waals surface area contributed by atoms with Crippen molar-refractivity contribution in [2.24, 2.45) is 4.99 Å². The van der Waals surface area contributed by atoms with Crippen LogP contribution in [0.2, 0.25) is 0 Å². The number of carbonyl (C=O) groups excluding carboxylic acids is 1. The number of nitrogens with one attached hydrogen (secondary N) is 1. The van der Waals surface area contributed by atoms with Gasteiger partial charge in [-0.2, -0.15) is 0 Å². The number of rotatable bonds is 10. The summed E-state index contributed by atoms with van der Waals surface area (Å²) >= 11 is 0. The molecule has 148 valence electrons. The number of methoxy groups -OCH3 is 1. The van der Waals surface area contributed by atoms with Gasteiger partial charge in [0.15, 0.2) is 11.5 Å². The molecule has 0 bridgehead atoms. The number of aliphatic hydroxyl groups is 1. The van der Waals surface area contributed by atoms with Crippen molar-refractivity contribution in [1.82, 2.24) is 10.2 Å². The smallest absolute Gasteiger partial charge is 0.249 e. The van der Waals surface area contributed by atoms with E-state index in [1.54, 1.807) is 7.11 Å². The van der Waals surface area contributed by atoms with Crippen molar-refractivity contribution in [3.8, 4) is 11.5 Å². The molecule has 3 rings (SSSR count). The first kappa shape index (κ1) is 19.5. The molecule has 7 heteroatoms. The topological polar surface area (TPSA) is 83.4 Å². The van der Waals surface area contributed by atoms with Crippen LogP contribution in [0.5, 0.6) is 11.5 Å². The summed E-state index contributed by atoms with van der Waals surface area (Å²) < 4.78 is 11.6. The van der Waals surface area contributed by atoms with Gasteiger partial charge < -0.3 is 19.5 Å². The number of ether oxygens (including phenoxy) is 2. The molecule has 1 fully saturated rings. The molecule has 1 atom stereocenters. The van der Waals surface area contributed by atoms with Crippen molar-refractivity contribution in [2.75, 3.05) is 20.3 Å². The van der Waals surface area contributed by atoms with Crippen molar-refractivity contribution in [2.45, 2.75) is 58.0 Å². The van der Waals surface area contributed by atoms with E-state index in [2.05, 4.69) is 10.3 Å². The molecule has 1 amide bonds. The Morgan fingerprint density at radius 2 is 1.96 bits per heavy atom. The monoisotopic (exact) mass is 375 g/mol. The maximum absolute atomic E-state index is 11.9. The highest BCUT2D eigenvalue weighted by molar-refractivity contribution is 6.07. The Balaban J connectivity index is 1.59. The zero-order valence-electron chi connectivity index (χ0n) is 16.2. The fraction of sp³-hybridized carbons (Fsp3) is 0.600. The Labute approximate surface area is 160 Å². The lowest BCUT2D eigenvalue weighted by Crippen LogP contribution is -2.35. The Morgan fingerprint density at radius 3 is 2.70 bits per heavy atom. The number of amides is 1. The predicted molar refractivity (Wildman–Crippen MR) is 104 cm³/mol. The second kappa shape index (κ2) is 9.08. The molecular formula is C20H29N3O4. The van der Waals surface area contributed by atoms with Gasteiger partial charge in [-0.1, -0.05) is 25.7 Å². The van der Waals surface area contributed by atoms with E-state index in [0.717, 1.165) is 55.5 Å². The first-order valence-electron chi connectivity index (χ1n) is 9.75. The maximum atomic E-state index is 11.9. The van der Waals surface area contributed by atoms with Gasteiger partial charge in [-0.25, -0.2) is 4.99 Å². The quantitative estimate of drug-likeness (QED) is 0.615. The minimum atomic E-state index is -0.239. The van der Waals surface area contributed by atoms with Crippen molar-refractivity contribution >= 4 is 17.6 Å². The van der Waals surface area contributed by atoms with E-state index in [9.17, 15) is 4.79 Å². The van der Waals surface area contributed by atoms with Crippen LogP contribution in [0.25, 0.3) is 0 Å². The molecule has 0 radical (unpaired) electrons. The molecule has 0 aromatic heterocycles. The van der Waals surface area contributed by atoms with Gasteiger partial charge in [0.2, 0.25) is 11.9 Å². The number of unbranched alkanes of at least 4 members (excludes halogenated alkanes) is 5. The predicted octanol–water partition coefficient (Wildman–Crippen LogP) is 2.73. The third kappa shape index (κ3) is 4.35. The Morgan fingerprint density at radius 1 is 1.22 bits per heavy atom. The molecule has 2 aliphatic heterocycles. The van der Waals surface area contributed by atoms with Gasteiger partial charge >= 0.3 is 0 Å². The van der Waals surface area contributed by atoms with E-state index in [1.807, 2.05) is 24.0 Å². The van der Waals surface area contributed by atoms with Crippen LogP contribution in [0.4, 0.5) is 5.69 Å². The summed E-state index contributed by atoms with van der Waals surface area (Å²) in [6.07, 6.45) is 6.41. The van der Waals surface area contributed by atoms with Gasteiger partial charge in [-0.05, 0) is 31.9 Å². The lowest BCUT2D eigenvalue weighted by atomic mass is 10.1. The second-order valence-electron chi connectivity index (χ2n) is 7.02. The van der Waals surface area contributed by atoms with E-state index >= 15 is 0 Å². The van der Waals surface area contributed by atoms with Crippen molar-refractivity contribution in [1.29, 1.82) is 0 Å². The van der Waals surface area contributed by atoms with E-state index in [4.69, 9.17) is 14.6 Å². The molecule has 2 aliphatic rings. The fourth-order valence-corrected chi connectivity index (χ4v) is 3.49. The molecular weight excluding hydrogens is 346 g/mol. The van der Waals surface area contributed by atoms with Crippen LogP contribution < -0.4 is 14.8 Å². The molecule has 0 aliphatic carbocycles. The van der Waals surface area contributed by atoms with Crippen molar-refractivity contribution in [3.63, 3.8) is 0 Å². The molecule has 1 saturated heterocycles. The minimum absolute atomic E-state index is 0.0315. The average Bonchev–Trinajstić information content (AvgIpc) is 2.95. The number of hydrogen-bond donors (Lipinski definition) is 2. The van der Waals surface area contributed by atoms with Crippen LogP contribution in [0.1, 0.15) is 51.0 Å². The number of benzene rings is 1. The molecule has 1 aromatic carbocycles. The lowest BCUT2D eigenvalue weighted by Gasteiger charge is -2.28. The number of carbonyl (C=O) groups is 1. The number of aliphatic imine (C=N–C) groups is 1. The normalized spacial score (nSPS) is 17.9. The summed E-state index contributed by atoms with van der Waals surface area (Å²) in [5.41, 5.74) is 1.76. The Kier molecular flexibility index (Phi) is 6.55. The van der Waals surface area contributed by atoms with Gasteiger partial charge in [-0.3, -0.25) is 10.1 Å². The highest BCUT2D eigenvalue weighted by atomic mass is 16.5. The third-order valence-electron chi connectivity index (χ3n) is 5.12. The molecule has 0 spiro atoms. The summed E-state index contributed by atoms with van der Waals surface area (Å²) in [6, 6.07) is 3.57. The van der Waals surface area contributed by atoms with Gasteiger partial charge in [0.05, 0.1) is 25.9 Å². The molecule has 27 heavy (non-hydrogen) atoms. The average molecular weight is 375 g/mol. The molecule has 1 aromatic rings. The van der Waals surface area contributed by atoms with Crippen LogP contribution in [-0.2, 0) is 11.3 Å². The number of hydrogen-bond acceptors (Lipinski definition) is 6. The molecule has 2 heterocycles. The summed E-state index contributed by atoms with van der Waals surface area (Å²) in [5.74, 6) is 2.00. The van der Waals surface area contributed by atoms with E-state index < -0.39 is 0 Å². The lowest BCUT2D eigenvalue weighted by molar-refractivity contribution is -0.121. The van der Waals surface area contributed by atoms with Crippen LogP contribution in [0.3, 0.4) is 0 Å². The number of aliphatic hydroxyl groups excluding tert-OH is 1. The molecule has 0 saturated carbocycles. The van der Waals surface area contributed by atoms with Gasteiger partial charge in [0.25, 0.3) is 0 Å². The Hall–Kier alpha value is -2.28. The Bertz CT molecular complexity index is 705. The van der Waals surface area contributed by atoms with Gasteiger partial charge in [-0.15, -0.1) is 0 Å². The van der Waals surface area contributed by atoms with Crippen molar-refractivity contribution in [3.05, 3.63) is 17.7 Å². The summed E-state index contributed by atoms with van der Waals surface area (Å²) in [6.45, 7) is 3.37. The summed E-state index contributed by atoms with van der Waals surface area (Å²) in [5, 5.41) is 11.6. The SMILES string of the molecule is COc1c(OCCCCCCCCO)ccc2c1CN1C(=N2)NC(=O)C1C. The van der Waals surface area contributed by atoms with Crippen LogP contribution in [0.15, 0.2) is 17.1 Å². The highest BCUT2D eigenvalue weighted by Gasteiger charge is 2.37. The van der Waals surface area contributed by atoms with Crippen molar-refractivity contribution < 1.29 is 19.4 Å². The third-order valence-corrected chi connectivity index (χ3v) is 5.12. The maximum Gasteiger partial charge on any atom is 0.249 e. The first-order chi connectivity index (χ1) is 13.2. The molecule has 7 nitrogen and oxygen atoms in total. The summed E-state index contributed by atoms with van der Waals surface area (Å²) in [4.78, 5) is 18.4. The summed E-state index contributed by atoms with van der Waals surface area (Å²) in [7, 11) is 1.64. The van der Waals surface area contributed by atoms with E-state index in [-0.39, 0.29) is 18.6 Å².